The van der Waals surface area contributed by atoms with Crippen molar-refractivity contribution in [3.63, 3.8) is 0 Å². The van der Waals surface area contributed by atoms with Gasteiger partial charge in [-0.05, 0) is 12.5 Å². The molecule has 0 unspecified atom stereocenters. The Hall–Kier alpha value is -0.590. The molecule has 0 bridgehead atoms. The van der Waals surface area contributed by atoms with Gasteiger partial charge in [0.25, 0.3) is 0 Å². The summed E-state index contributed by atoms with van der Waals surface area (Å²) in [7, 11) is 0. The fourth-order valence-corrected chi connectivity index (χ4v) is 2.36. The minimum absolute atomic E-state index is 0.514. The zero-order chi connectivity index (χ0) is 13.2. The van der Waals surface area contributed by atoms with Crippen LogP contribution in [0.1, 0.15) is 6.92 Å². The Labute approximate surface area is 106 Å². The highest BCUT2D eigenvalue weighted by molar-refractivity contribution is 5.22. The summed E-state index contributed by atoms with van der Waals surface area (Å²) < 4.78 is 36.7. The summed E-state index contributed by atoms with van der Waals surface area (Å²) in [6.07, 6.45) is -4.07. The van der Waals surface area contributed by atoms with Gasteiger partial charge >= 0.3 is 6.18 Å². The first-order valence-corrected chi connectivity index (χ1v) is 6.34. The molecule has 18 heavy (non-hydrogen) atoms. The second kappa shape index (κ2) is 5.59. The maximum Gasteiger partial charge on any atom is 0.401 e. The maximum atomic E-state index is 12.2. The Morgan fingerprint density at radius 2 is 1.67 bits per heavy atom. The van der Waals surface area contributed by atoms with Crippen molar-refractivity contribution >= 4 is 0 Å². The summed E-state index contributed by atoms with van der Waals surface area (Å²) in [6.45, 7) is 6.68. The summed E-state index contributed by atoms with van der Waals surface area (Å²) in [5, 5.41) is 3.20. The number of hydrogen-bond acceptors (Lipinski definition) is 3. The summed E-state index contributed by atoms with van der Waals surface area (Å²) in [5.41, 5.74) is 2.82. The lowest BCUT2D eigenvalue weighted by molar-refractivity contribution is -0.149. The molecule has 0 spiro atoms. The van der Waals surface area contributed by atoms with Gasteiger partial charge in [0.1, 0.15) is 0 Å². The molecule has 2 fully saturated rings. The van der Waals surface area contributed by atoms with Crippen LogP contribution in [0.25, 0.3) is 0 Å². The molecule has 0 aromatic rings. The van der Waals surface area contributed by atoms with Gasteiger partial charge in [-0.15, -0.1) is 0 Å². The molecule has 3 nitrogen and oxygen atoms in total. The molecule has 0 atom stereocenters. The van der Waals surface area contributed by atoms with E-state index in [1.54, 1.807) is 0 Å². The minimum Gasteiger partial charge on any atom is -0.309 e. The van der Waals surface area contributed by atoms with Gasteiger partial charge in [-0.2, -0.15) is 13.2 Å². The van der Waals surface area contributed by atoms with Crippen LogP contribution in [0.4, 0.5) is 13.2 Å². The quantitative estimate of drug-likeness (QED) is 0.769. The minimum atomic E-state index is -4.07. The van der Waals surface area contributed by atoms with Crippen LogP contribution in [0, 0.1) is 0 Å². The molecule has 2 heterocycles. The molecule has 0 aromatic carbocycles. The van der Waals surface area contributed by atoms with Crippen LogP contribution in [-0.4, -0.2) is 68.3 Å². The van der Waals surface area contributed by atoms with Crippen LogP contribution < -0.4 is 5.32 Å². The third-order valence-corrected chi connectivity index (χ3v) is 3.61. The molecule has 0 aromatic heterocycles. The molecule has 2 saturated heterocycles. The fourth-order valence-electron chi connectivity index (χ4n) is 2.36. The average Bonchev–Trinajstić information content (AvgIpc) is 2.16. The highest BCUT2D eigenvalue weighted by atomic mass is 19.4. The molecule has 0 radical (unpaired) electrons. The Bertz CT molecular complexity index is 311. The van der Waals surface area contributed by atoms with Gasteiger partial charge in [0.05, 0.1) is 6.54 Å². The Balaban J connectivity index is 1.73. The van der Waals surface area contributed by atoms with Gasteiger partial charge in [0.15, 0.2) is 0 Å². The van der Waals surface area contributed by atoms with Gasteiger partial charge < -0.3 is 5.32 Å². The Morgan fingerprint density at radius 3 is 2.11 bits per heavy atom. The number of hydrogen-bond donors (Lipinski definition) is 1. The van der Waals surface area contributed by atoms with Crippen molar-refractivity contribution < 1.29 is 13.2 Å². The van der Waals surface area contributed by atoms with E-state index in [9.17, 15) is 13.2 Å². The van der Waals surface area contributed by atoms with Gasteiger partial charge in [0, 0.05) is 45.8 Å². The van der Waals surface area contributed by atoms with E-state index in [2.05, 4.69) is 17.1 Å². The summed E-state index contributed by atoms with van der Waals surface area (Å²) >= 11 is 0. The lowest BCUT2D eigenvalue weighted by Crippen LogP contribution is -2.49. The first-order chi connectivity index (χ1) is 8.44. The zero-order valence-electron chi connectivity index (χ0n) is 10.7. The van der Waals surface area contributed by atoms with Gasteiger partial charge in [0.2, 0.25) is 0 Å². The molecule has 6 heteroatoms. The number of nitrogens with zero attached hydrogens (tertiary/aromatic N) is 2. The van der Waals surface area contributed by atoms with Crippen LogP contribution in [-0.2, 0) is 0 Å². The van der Waals surface area contributed by atoms with E-state index in [0.717, 1.165) is 32.7 Å². The molecular formula is C12H20F3N3. The zero-order valence-corrected chi connectivity index (χ0v) is 10.7. The van der Waals surface area contributed by atoms with Crippen LogP contribution >= 0.6 is 0 Å². The third-order valence-electron chi connectivity index (χ3n) is 3.61. The SMILES string of the molecule is CC(CN1CCN(CC(F)(F)F)CC1)=C1CNC1. The van der Waals surface area contributed by atoms with Crippen molar-refractivity contribution in [3.8, 4) is 0 Å². The van der Waals surface area contributed by atoms with Crippen molar-refractivity contribution in [2.75, 3.05) is 52.4 Å². The molecular weight excluding hydrogens is 243 g/mol. The summed E-state index contributed by atoms with van der Waals surface area (Å²) in [4.78, 5) is 3.73. The van der Waals surface area contributed by atoms with Crippen molar-refractivity contribution in [2.24, 2.45) is 0 Å². The molecule has 1 N–H and O–H groups in total. The number of halogens is 3. The summed E-state index contributed by atoms with van der Waals surface area (Å²) in [5.74, 6) is 0. The molecule has 0 saturated carbocycles. The van der Waals surface area contributed by atoms with E-state index in [1.165, 1.54) is 16.0 Å². The van der Waals surface area contributed by atoms with Crippen LogP contribution in [0.2, 0.25) is 0 Å². The number of alkyl halides is 3. The van der Waals surface area contributed by atoms with E-state index in [0.29, 0.717) is 13.1 Å². The normalized spacial score (nSPS) is 23.0. The Morgan fingerprint density at radius 1 is 1.11 bits per heavy atom. The van der Waals surface area contributed by atoms with Crippen LogP contribution in [0.3, 0.4) is 0 Å². The van der Waals surface area contributed by atoms with Crippen LogP contribution in [0.5, 0.6) is 0 Å². The predicted molar refractivity (Wildman–Crippen MR) is 64.5 cm³/mol. The molecule has 2 aliphatic heterocycles. The van der Waals surface area contributed by atoms with Gasteiger partial charge in [-0.1, -0.05) is 5.57 Å². The fraction of sp³-hybridized carbons (Fsp3) is 0.833. The first kappa shape index (κ1) is 13.8. The lowest BCUT2D eigenvalue weighted by Gasteiger charge is -2.36. The van der Waals surface area contributed by atoms with Crippen molar-refractivity contribution in [2.45, 2.75) is 13.1 Å². The second-order valence-electron chi connectivity index (χ2n) is 5.15. The largest absolute Gasteiger partial charge is 0.401 e. The molecule has 104 valence electrons. The molecule has 2 rings (SSSR count). The standard InChI is InChI=1S/C12H20F3N3/c1-10(11-6-16-7-11)8-17-2-4-18(5-3-17)9-12(13,14)15/h16H,2-9H2,1H3. The van der Waals surface area contributed by atoms with E-state index in [1.807, 2.05) is 0 Å². The molecule has 0 amide bonds. The van der Waals surface area contributed by atoms with Crippen molar-refractivity contribution in [1.29, 1.82) is 0 Å². The highest BCUT2D eigenvalue weighted by Crippen LogP contribution is 2.18. The molecule has 0 aliphatic carbocycles. The first-order valence-electron chi connectivity index (χ1n) is 6.34. The Kier molecular flexibility index (Phi) is 4.29. The number of rotatable bonds is 3. The monoisotopic (exact) mass is 263 g/mol. The van der Waals surface area contributed by atoms with Crippen molar-refractivity contribution in [3.05, 3.63) is 11.1 Å². The third kappa shape index (κ3) is 3.96. The lowest BCUT2D eigenvalue weighted by atomic mass is 10.0. The number of piperazine rings is 1. The van der Waals surface area contributed by atoms with E-state index in [-0.39, 0.29) is 0 Å². The van der Waals surface area contributed by atoms with E-state index in [4.69, 9.17) is 0 Å². The highest BCUT2D eigenvalue weighted by Gasteiger charge is 2.32. The van der Waals surface area contributed by atoms with Crippen LogP contribution in [0.15, 0.2) is 11.1 Å². The average molecular weight is 263 g/mol. The van der Waals surface area contributed by atoms with Crippen molar-refractivity contribution in [1.82, 2.24) is 15.1 Å². The van der Waals surface area contributed by atoms with E-state index < -0.39 is 12.7 Å². The van der Waals surface area contributed by atoms with E-state index >= 15 is 0 Å². The maximum absolute atomic E-state index is 12.2. The number of nitrogens with one attached hydrogen (secondary N) is 1. The van der Waals surface area contributed by atoms with Gasteiger partial charge in [-0.25, -0.2) is 0 Å². The predicted octanol–water partition coefficient (Wildman–Crippen LogP) is 1.09. The topological polar surface area (TPSA) is 18.5 Å². The van der Waals surface area contributed by atoms with Gasteiger partial charge in [-0.3, -0.25) is 9.80 Å². The smallest absolute Gasteiger partial charge is 0.309 e. The second-order valence-corrected chi connectivity index (χ2v) is 5.15. The molecule has 2 aliphatic rings. The summed E-state index contributed by atoms with van der Waals surface area (Å²) in [6, 6.07) is 0.